The van der Waals surface area contributed by atoms with E-state index < -0.39 is 12.1 Å². The summed E-state index contributed by atoms with van der Waals surface area (Å²) < 4.78 is 27.0. The summed E-state index contributed by atoms with van der Waals surface area (Å²) in [6, 6.07) is 23.3. The van der Waals surface area contributed by atoms with Crippen molar-refractivity contribution in [2.75, 3.05) is 109 Å². The van der Waals surface area contributed by atoms with Crippen molar-refractivity contribution in [3.8, 4) is 11.5 Å². The molecule has 7 heterocycles. The van der Waals surface area contributed by atoms with Gasteiger partial charge in [0.05, 0.1) is 87.5 Å². The molecule has 2 atom stereocenters. The van der Waals surface area contributed by atoms with Crippen LogP contribution in [0, 0.1) is 6.92 Å². The number of urea groups is 1. The Bertz CT molecular complexity index is 3730. The molecule has 3 fully saturated rings. The van der Waals surface area contributed by atoms with E-state index in [-0.39, 0.29) is 47.5 Å². The molecule has 0 radical (unpaired) electrons. The van der Waals surface area contributed by atoms with Crippen molar-refractivity contribution in [3.63, 3.8) is 0 Å². The third kappa shape index (κ3) is 15.0. The number of pyridine rings is 2. The lowest BCUT2D eigenvalue weighted by Gasteiger charge is -2.39. The molecule has 3 amide bonds. The molecule has 0 unspecified atom stereocenters. The maximum Gasteiger partial charge on any atom is 0.326 e. The van der Waals surface area contributed by atoms with Crippen LogP contribution < -0.4 is 30.6 Å². The van der Waals surface area contributed by atoms with Crippen LogP contribution in [0.1, 0.15) is 103 Å². The van der Waals surface area contributed by atoms with Crippen LogP contribution in [-0.4, -0.2) is 183 Å². The molecule has 90 heavy (non-hydrogen) atoms. The highest BCUT2D eigenvalue weighted by atomic mass is 35.5. The number of halogens is 2. The van der Waals surface area contributed by atoms with Gasteiger partial charge in [-0.2, -0.15) is 4.98 Å². The van der Waals surface area contributed by atoms with Crippen molar-refractivity contribution in [1.82, 2.24) is 59.4 Å². The van der Waals surface area contributed by atoms with E-state index in [0.29, 0.717) is 134 Å². The van der Waals surface area contributed by atoms with Gasteiger partial charge in [-0.15, -0.1) is 5.10 Å². The highest BCUT2D eigenvalue weighted by Crippen LogP contribution is 2.46. The van der Waals surface area contributed by atoms with Gasteiger partial charge in [-0.05, 0) is 106 Å². The predicted octanol–water partition coefficient (Wildman–Crippen LogP) is 8.70. The normalized spacial score (nSPS) is 17.6. The van der Waals surface area contributed by atoms with Crippen LogP contribution in [0.4, 0.5) is 22.2 Å². The van der Waals surface area contributed by atoms with Gasteiger partial charge in [-0.3, -0.25) is 38.6 Å². The third-order valence-corrected chi connectivity index (χ3v) is 17.4. The van der Waals surface area contributed by atoms with Gasteiger partial charge in [0.25, 0.3) is 5.56 Å². The number of methoxy groups -OCH3 is 1. The summed E-state index contributed by atoms with van der Waals surface area (Å²) in [5.74, 6) is 2.17. The Morgan fingerprint density at radius 1 is 0.789 bits per heavy atom. The van der Waals surface area contributed by atoms with E-state index in [2.05, 4.69) is 40.7 Å². The van der Waals surface area contributed by atoms with Crippen molar-refractivity contribution in [3.05, 3.63) is 151 Å². The first-order valence-electron chi connectivity index (χ1n) is 30.9. The van der Waals surface area contributed by atoms with E-state index >= 15 is 4.79 Å². The summed E-state index contributed by atoms with van der Waals surface area (Å²) in [5.41, 5.74) is 5.37. The number of amidine groups is 1. The van der Waals surface area contributed by atoms with Crippen molar-refractivity contribution in [2.45, 2.75) is 90.7 Å². The average Bonchev–Trinajstić information content (AvgIpc) is 1.43. The number of benzene rings is 3. The van der Waals surface area contributed by atoms with Crippen LogP contribution in [0.3, 0.4) is 0 Å². The smallest absolute Gasteiger partial charge is 0.326 e. The maximum atomic E-state index is 15.1. The zero-order valence-electron chi connectivity index (χ0n) is 51.5. The Balaban J connectivity index is 0.580. The number of amides is 3. The molecule has 11 rings (SSSR count). The lowest BCUT2D eigenvalue weighted by atomic mass is 9.93. The summed E-state index contributed by atoms with van der Waals surface area (Å²) >= 11 is 12.8. The first-order chi connectivity index (χ1) is 43.7. The number of rotatable bonds is 24. The van der Waals surface area contributed by atoms with E-state index in [1.54, 1.807) is 34.4 Å². The minimum absolute atomic E-state index is 0.00333. The number of hydrogen-bond acceptors (Lipinski definition) is 18. The second-order valence-corrected chi connectivity index (χ2v) is 24.2. The minimum Gasteiger partial charge on any atom is -0.497 e. The van der Waals surface area contributed by atoms with Crippen molar-refractivity contribution < 1.29 is 33.3 Å². The Labute approximate surface area is 533 Å². The topological polar surface area (TPSA) is 232 Å². The van der Waals surface area contributed by atoms with Gasteiger partial charge in [0, 0.05) is 105 Å². The number of aliphatic imine (C=N–C) groups is 1. The average molecular weight is 1270 g/mol. The highest BCUT2D eigenvalue weighted by molar-refractivity contribution is 6.30. The Kier molecular flexibility index (Phi) is 20.7. The number of aryl methyl sites for hydroxylation is 1. The second kappa shape index (κ2) is 29.3. The number of ketones is 1. The van der Waals surface area contributed by atoms with Crippen LogP contribution >= 0.6 is 23.2 Å². The van der Waals surface area contributed by atoms with Crippen LogP contribution in [0.5, 0.6) is 11.5 Å². The van der Waals surface area contributed by atoms with Gasteiger partial charge in [0.15, 0.2) is 5.78 Å². The first-order valence-corrected chi connectivity index (χ1v) is 31.6. The molecule has 474 valence electrons. The molecule has 2 N–H and O–H groups in total. The minimum atomic E-state index is -0.537. The Morgan fingerprint density at radius 2 is 1.49 bits per heavy atom. The SMILES string of the molecule is COc1ccc(C2=N[C@H](c3ccc(Cl)cc3)[C@H](c3ccc(Cl)cc3)N2C(=O)N2CCN(CC(=O)NCCOCCOCCn3cc(CN4CCN(c5ccc(Nc6ncc7c(C)c(C(C)=O)c(=O)n(C8CCCC8)c7n6)nc5)CC4)nn3)CC2)c(OC(C)C)c1. The van der Waals surface area contributed by atoms with E-state index in [0.717, 1.165) is 74.4 Å². The third-order valence-electron chi connectivity index (χ3n) is 16.9. The molecule has 0 spiro atoms. The molecule has 7 aromatic rings. The number of fused-ring (bicyclic) bond motifs is 1. The molecule has 0 bridgehead atoms. The van der Waals surface area contributed by atoms with E-state index in [9.17, 15) is 14.4 Å². The number of carbonyl (C=O) groups is 3. The fourth-order valence-corrected chi connectivity index (χ4v) is 12.5. The number of ether oxygens (including phenoxy) is 4. The molecule has 3 aromatic carbocycles. The van der Waals surface area contributed by atoms with Gasteiger partial charge in [0.2, 0.25) is 11.9 Å². The standard InChI is InChI=1S/C65H77Cl2N15O8/c1-42(2)90-55-36-52(87-5)19-20-53(55)61-72-59(45-10-14-47(66)15-11-45)60(46-12-16-48(67)17-13-46)82(61)65(86)79-29-25-77(26-30-79)41-57(84)68-22-32-88-34-35-89-33-31-80-40-49(74-75-80)39-76-23-27-78(28-24-76)51-18-21-56(69-37-51)71-64-70-38-54-43(3)58(44(4)83)63(85)81(62(54)73-64)50-8-6-7-9-50/h10-21,36-38,40,42,50,59-60H,6-9,22-35,39,41H2,1-5H3,(H,68,84)(H,69,70,71,73)/t59-,60+/m1/s1. The number of carbonyl (C=O) groups excluding carboxylic acids is 3. The second-order valence-electron chi connectivity index (χ2n) is 23.3. The quantitative estimate of drug-likeness (QED) is 0.0425. The molecule has 4 aromatic heterocycles. The van der Waals surface area contributed by atoms with Crippen LogP contribution in [0.2, 0.25) is 10.0 Å². The predicted molar refractivity (Wildman–Crippen MR) is 345 cm³/mol. The highest BCUT2D eigenvalue weighted by Gasteiger charge is 2.45. The Morgan fingerprint density at radius 3 is 2.17 bits per heavy atom. The van der Waals surface area contributed by atoms with Crippen LogP contribution in [0.15, 0.2) is 107 Å². The maximum absolute atomic E-state index is 15.1. The van der Waals surface area contributed by atoms with E-state index in [4.69, 9.17) is 52.1 Å². The number of anilines is 3. The van der Waals surface area contributed by atoms with Gasteiger partial charge < -0.3 is 39.4 Å². The number of piperazine rings is 2. The molecule has 4 aliphatic rings. The lowest BCUT2D eigenvalue weighted by molar-refractivity contribution is -0.122. The number of Topliss-reactive ketones (excluding diaryl/α,β-unsaturated/α-hetero) is 1. The molecule has 25 heteroatoms. The fourth-order valence-electron chi connectivity index (χ4n) is 12.3. The van der Waals surface area contributed by atoms with E-state index in [1.807, 2.05) is 115 Å². The van der Waals surface area contributed by atoms with E-state index in [1.165, 1.54) is 6.92 Å². The number of hydrogen-bond donors (Lipinski definition) is 2. The van der Waals surface area contributed by atoms with Gasteiger partial charge in [-0.25, -0.2) is 19.4 Å². The molecule has 1 saturated carbocycles. The molecular formula is C65H77Cl2N15O8. The summed E-state index contributed by atoms with van der Waals surface area (Å²) in [7, 11) is 1.60. The fraction of sp³-hybridized carbons (Fsp3) is 0.446. The van der Waals surface area contributed by atoms with Gasteiger partial charge in [-0.1, -0.05) is 65.5 Å². The monoisotopic (exact) mass is 1270 g/mol. The van der Waals surface area contributed by atoms with Crippen molar-refractivity contribution in [2.24, 2.45) is 4.99 Å². The van der Waals surface area contributed by atoms with Crippen LogP contribution in [-0.2, 0) is 27.4 Å². The molecule has 23 nitrogen and oxygen atoms in total. The van der Waals surface area contributed by atoms with Gasteiger partial charge >= 0.3 is 6.03 Å². The Hall–Kier alpha value is -8.06. The van der Waals surface area contributed by atoms with Crippen molar-refractivity contribution in [1.29, 1.82) is 0 Å². The number of nitrogens with one attached hydrogen (secondary N) is 2. The zero-order valence-corrected chi connectivity index (χ0v) is 53.0. The summed E-state index contributed by atoms with van der Waals surface area (Å²) in [6.45, 7) is 15.6. The molecule has 3 aliphatic heterocycles. The molecular weight excluding hydrogens is 1190 g/mol. The molecule has 2 saturated heterocycles. The van der Waals surface area contributed by atoms with Crippen molar-refractivity contribution >= 4 is 75.2 Å². The largest absolute Gasteiger partial charge is 0.497 e. The zero-order chi connectivity index (χ0) is 62.8. The van der Waals surface area contributed by atoms with Gasteiger partial charge in [0.1, 0.15) is 34.8 Å². The lowest BCUT2D eigenvalue weighted by Crippen LogP contribution is -2.55. The first kappa shape index (κ1) is 63.5. The van der Waals surface area contributed by atoms with Crippen LogP contribution in [0.25, 0.3) is 11.0 Å². The molecule has 1 aliphatic carbocycles. The number of aromatic nitrogens is 7. The number of nitrogens with zero attached hydrogens (tertiary/aromatic N) is 13. The summed E-state index contributed by atoms with van der Waals surface area (Å²) in [6.07, 6.45) is 9.14. The summed E-state index contributed by atoms with van der Waals surface area (Å²) in [5, 5.41) is 16.8. The summed E-state index contributed by atoms with van der Waals surface area (Å²) in [4.78, 5) is 84.1.